The zero-order chi connectivity index (χ0) is 13.5. The molecule has 1 aromatic carbocycles. The summed E-state index contributed by atoms with van der Waals surface area (Å²) in [6.07, 6.45) is 8.85. The van der Waals surface area contributed by atoms with Crippen LogP contribution in [0.5, 0.6) is 11.5 Å². The number of fused-ring (bicyclic) bond motifs is 1. The van der Waals surface area contributed by atoms with Crippen LogP contribution in [0.25, 0.3) is 6.08 Å². The minimum Gasteiger partial charge on any atom is -0.454 e. The lowest BCUT2D eigenvalue weighted by molar-refractivity contribution is -0.118. The highest BCUT2D eigenvalue weighted by Crippen LogP contribution is 2.32. The fourth-order valence-corrected chi connectivity index (χ4v) is 1.47. The van der Waals surface area contributed by atoms with E-state index in [4.69, 9.17) is 9.47 Å². The van der Waals surface area contributed by atoms with Crippen molar-refractivity contribution in [2.45, 2.75) is 6.92 Å². The SMILES string of the molecule is CC(=O)N/N=C/C=C/C=C/c1ccc2c(c1)OCO2. The number of carbonyl (C=O) groups excluding carboxylic acids is 1. The van der Waals surface area contributed by atoms with Gasteiger partial charge in [-0.2, -0.15) is 5.10 Å². The quantitative estimate of drug-likeness (QED) is 0.511. The summed E-state index contributed by atoms with van der Waals surface area (Å²) in [4.78, 5) is 10.5. The average molecular weight is 258 g/mol. The number of nitrogens with zero attached hydrogens (tertiary/aromatic N) is 1. The molecule has 2 rings (SSSR count). The molecule has 0 spiro atoms. The van der Waals surface area contributed by atoms with Crippen molar-refractivity contribution in [2.75, 3.05) is 6.79 Å². The van der Waals surface area contributed by atoms with E-state index in [9.17, 15) is 4.79 Å². The zero-order valence-corrected chi connectivity index (χ0v) is 10.5. The smallest absolute Gasteiger partial charge is 0.236 e. The third kappa shape index (κ3) is 3.99. The Labute approximate surface area is 111 Å². The van der Waals surface area contributed by atoms with Gasteiger partial charge in [-0.05, 0) is 23.8 Å². The van der Waals surface area contributed by atoms with Crippen LogP contribution < -0.4 is 14.9 Å². The van der Waals surface area contributed by atoms with Gasteiger partial charge in [-0.25, -0.2) is 5.43 Å². The van der Waals surface area contributed by atoms with Crippen molar-refractivity contribution < 1.29 is 14.3 Å². The van der Waals surface area contributed by atoms with Crippen molar-refractivity contribution in [3.8, 4) is 11.5 Å². The summed E-state index contributed by atoms with van der Waals surface area (Å²) in [5.41, 5.74) is 3.33. The zero-order valence-electron chi connectivity index (χ0n) is 10.5. The van der Waals surface area contributed by atoms with Gasteiger partial charge in [0.1, 0.15) is 0 Å². The van der Waals surface area contributed by atoms with Crippen LogP contribution >= 0.6 is 0 Å². The summed E-state index contributed by atoms with van der Waals surface area (Å²) in [5.74, 6) is 1.34. The first-order chi connectivity index (χ1) is 9.25. The molecule has 0 fully saturated rings. The van der Waals surface area contributed by atoms with Crippen molar-refractivity contribution in [1.29, 1.82) is 0 Å². The van der Waals surface area contributed by atoms with Crippen molar-refractivity contribution in [1.82, 2.24) is 5.43 Å². The molecule has 5 nitrogen and oxygen atoms in total. The van der Waals surface area contributed by atoms with Gasteiger partial charge < -0.3 is 9.47 Å². The van der Waals surface area contributed by atoms with E-state index >= 15 is 0 Å². The Morgan fingerprint density at radius 3 is 2.95 bits per heavy atom. The van der Waals surface area contributed by atoms with E-state index < -0.39 is 0 Å². The Kier molecular flexibility index (Phi) is 4.34. The number of hydrogen-bond donors (Lipinski definition) is 1. The van der Waals surface area contributed by atoms with Gasteiger partial charge in [-0.3, -0.25) is 4.79 Å². The van der Waals surface area contributed by atoms with E-state index in [-0.39, 0.29) is 12.7 Å². The van der Waals surface area contributed by atoms with Crippen molar-refractivity contribution in [3.63, 3.8) is 0 Å². The summed E-state index contributed by atoms with van der Waals surface area (Å²) in [6, 6.07) is 5.74. The first kappa shape index (κ1) is 12.9. The van der Waals surface area contributed by atoms with Crippen LogP contribution in [0.15, 0.2) is 41.5 Å². The summed E-state index contributed by atoms with van der Waals surface area (Å²) in [7, 11) is 0. The predicted molar refractivity (Wildman–Crippen MR) is 73.0 cm³/mol. The van der Waals surface area contributed by atoms with Crippen LogP contribution in [-0.2, 0) is 4.79 Å². The normalized spacial score (nSPS) is 13.7. The molecule has 5 heteroatoms. The second-order valence-electron chi connectivity index (χ2n) is 3.80. The molecule has 1 aromatic rings. The molecule has 1 aliphatic rings. The molecule has 1 N–H and O–H groups in total. The minimum atomic E-state index is -0.194. The maximum Gasteiger partial charge on any atom is 0.236 e. The van der Waals surface area contributed by atoms with Crippen LogP contribution in [0.2, 0.25) is 0 Å². The highest BCUT2D eigenvalue weighted by molar-refractivity contribution is 5.77. The highest BCUT2D eigenvalue weighted by atomic mass is 16.7. The minimum absolute atomic E-state index is 0.194. The Hall–Kier alpha value is -2.56. The molecule has 0 saturated heterocycles. The number of ether oxygens (including phenoxy) is 2. The second kappa shape index (κ2) is 6.39. The van der Waals surface area contributed by atoms with Crippen LogP contribution in [0.3, 0.4) is 0 Å². The van der Waals surface area contributed by atoms with E-state index in [1.165, 1.54) is 13.1 Å². The fourth-order valence-electron chi connectivity index (χ4n) is 1.47. The van der Waals surface area contributed by atoms with Crippen LogP contribution in [0.1, 0.15) is 12.5 Å². The summed E-state index contributed by atoms with van der Waals surface area (Å²) in [5, 5.41) is 3.68. The molecule has 0 saturated carbocycles. The first-order valence-electron chi connectivity index (χ1n) is 5.78. The average Bonchev–Trinajstić information content (AvgIpc) is 2.84. The lowest BCUT2D eigenvalue weighted by Crippen LogP contribution is -2.11. The van der Waals surface area contributed by atoms with E-state index in [2.05, 4.69) is 10.5 Å². The molecular formula is C14H14N2O3. The van der Waals surface area contributed by atoms with Gasteiger partial charge in [0, 0.05) is 13.1 Å². The van der Waals surface area contributed by atoms with E-state index in [0.717, 1.165) is 17.1 Å². The first-order valence-corrected chi connectivity index (χ1v) is 5.78. The highest BCUT2D eigenvalue weighted by Gasteiger charge is 2.11. The number of amides is 1. The molecule has 0 unspecified atom stereocenters. The lowest BCUT2D eigenvalue weighted by Gasteiger charge is -1.96. The molecule has 98 valence electrons. The third-order valence-corrected chi connectivity index (χ3v) is 2.29. The van der Waals surface area contributed by atoms with Gasteiger partial charge >= 0.3 is 0 Å². The van der Waals surface area contributed by atoms with Crippen molar-refractivity contribution in [2.24, 2.45) is 5.10 Å². The maximum atomic E-state index is 10.5. The van der Waals surface area contributed by atoms with E-state index in [0.29, 0.717) is 0 Å². The van der Waals surface area contributed by atoms with E-state index in [1.54, 1.807) is 6.08 Å². The molecule has 0 radical (unpaired) electrons. The summed E-state index contributed by atoms with van der Waals surface area (Å²) in [6.45, 7) is 1.68. The molecule has 0 bridgehead atoms. The lowest BCUT2D eigenvalue weighted by atomic mass is 10.2. The Balaban J connectivity index is 1.87. The molecule has 0 atom stereocenters. The Bertz CT molecular complexity index is 548. The van der Waals surface area contributed by atoms with Gasteiger partial charge in [0.25, 0.3) is 0 Å². The van der Waals surface area contributed by atoms with Gasteiger partial charge in [0.2, 0.25) is 12.7 Å². The number of benzene rings is 1. The maximum absolute atomic E-state index is 10.5. The fraction of sp³-hybridized carbons (Fsp3) is 0.143. The molecule has 19 heavy (non-hydrogen) atoms. The molecule has 1 aliphatic heterocycles. The largest absolute Gasteiger partial charge is 0.454 e. The van der Waals surface area contributed by atoms with Gasteiger partial charge in [0.15, 0.2) is 11.5 Å². The van der Waals surface area contributed by atoms with Crippen LogP contribution in [0, 0.1) is 0 Å². The van der Waals surface area contributed by atoms with Gasteiger partial charge in [-0.1, -0.05) is 24.3 Å². The summed E-state index contributed by atoms with van der Waals surface area (Å²) < 4.78 is 10.5. The standard InChI is InChI=1S/C14H14N2O3/c1-11(17)16-15-8-4-2-3-5-12-6-7-13-14(9-12)19-10-18-13/h2-9H,10H2,1H3,(H,16,17)/b4-2+,5-3+,15-8+. The number of rotatable bonds is 4. The predicted octanol–water partition coefficient (Wildman–Crippen LogP) is 2.11. The van der Waals surface area contributed by atoms with Gasteiger partial charge in [0.05, 0.1) is 0 Å². The number of hydrazone groups is 1. The molecule has 1 amide bonds. The molecule has 0 aromatic heterocycles. The molecular weight excluding hydrogens is 244 g/mol. The number of carbonyl (C=O) groups is 1. The summed E-state index contributed by atoms with van der Waals surface area (Å²) >= 11 is 0. The van der Waals surface area contributed by atoms with Crippen LogP contribution in [0.4, 0.5) is 0 Å². The Morgan fingerprint density at radius 1 is 1.26 bits per heavy atom. The number of hydrogen-bond acceptors (Lipinski definition) is 4. The third-order valence-electron chi connectivity index (χ3n) is 2.29. The molecule has 1 heterocycles. The molecule has 0 aliphatic carbocycles. The van der Waals surface area contributed by atoms with Crippen molar-refractivity contribution in [3.05, 3.63) is 42.0 Å². The number of nitrogens with one attached hydrogen (secondary N) is 1. The number of allylic oxidation sites excluding steroid dienone is 3. The topological polar surface area (TPSA) is 59.9 Å². The van der Waals surface area contributed by atoms with Gasteiger partial charge in [-0.15, -0.1) is 0 Å². The van der Waals surface area contributed by atoms with E-state index in [1.807, 2.05) is 36.4 Å². The van der Waals surface area contributed by atoms with Crippen molar-refractivity contribution >= 4 is 18.2 Å². The Morgan fingerprint density at radius 2 is 2.11 bits per heavy atom. The van der Waals surface area contributed by atoms with Crippen LogP contribution in [-0.4, -0.2) is 18.9 Å². The monoisotopic (exact) mass is 258 g/mol. The second-order valence-corrected chi connectivity index (χ2v) is 3.80.